The van der Waals surface area contributed by atoms with Gasteiger partial charge in [-0.1, -0.05) is 36.4 Å². The highest BCUT2D eigenvalue weighted by atomic mass is 32.1. The van der Waals surface area contributed by atoms with E-state index in [1.54, 1.807) is 29.5 Å². The van der Waals surface area contributed by atoms with E-state index >= 15 is 0 Å². The van der Waals surface area contributed by atoms with Crippen molar-refractivity contribution < 1.29 is 9.59 Å². The third-order valence-electron chi connectivity index (χ3n) is 6.89. The van der Waals surface area contributed by atoms with Gasteiger partial charge in [0, 0.05) is 60.1 Å². The Bertz CT molecular complexity index is 1410. The minimum Gasteiger partial charge on any atom is -0.322 e. The molecule has 0 bridgehead atoms. The quantitative estimate of drug-likeness (QED) is 0.312. The van der Waals surface area contributed by atoms with Crippen molar-refractivity contribution in [1.82, 2.24) is 9.80 Å². The summed E-state index contributed by atoms with van der Waals surface area (Å²) in [5.41, 5.74) is 5.54. The largest absolute Gasteiger partial charge is 0.322 e. The molecule has 2 N–H and O–H groups in total. The molecule has 1 saturated heterocycles. The van der Waals surface area contributed by atoms with Crippen LogP contribution >= 0.6 is 11.3 Å². The molecule has 7 heteroatoms. The summed E-state index contributed by atoms with van der Waals surface area (Å²) in [5, 5.41) is 7.98. The van der Waals surface area contributed by atoms with E-state index in [1.165, 1.54) is 5.56 Å². The van der Waals surface area contributed by atoms with Crippen LogP contribution in [0.5, 0.6) is 0 Å². The molecule has 0 aliphatic carbocycles. The maximum Gasteiger partial charge on any atom is 0.255 e. The number of hydrogen-bond acceptors (Lipinski definition) is 5. The smallest absolute Gasteiger partial charge is 0.255 e. The molecular formula is C31H32N4O2S. The standard InChI is InChI=1S/C31H32N4O2S/c1-22-8-11-26(20-28(22)33-31(37)25-6-3-5-24(19-25)29-7-4-18-38-29)30(36)32-27-12-9-23(10-13-27)21-35-16-14-34(2)15-17-35/h3-13,18-20H,14-17,21H2,1-2H3,(H,32,36)(H,33,37). The maximum absolute atomic E-state index is 13.0. The van der Waals surface area contributed by atoms with Crippen LogP contribution in [0, 0.1) is 6.92 Å². The Hall–Kier alpha value is -3.78. The van der Waals surface area contributed by atoms with Gasteiger partial charge in [-0.05, 0) is 78.5 Å². The van der Waals surface area contributed by atoms with Crippen LogP contribution in [0.3, 0.4) is 0 Å². The number of likely N-dealkylation sites (N-methyl/N-ethyl adjacent to an activating group) is 1. The van der Waals surface area contributed by atoms with E-state index in [-0.39, 0.29) is 11.8 Å². The number of rotatable bonds is 7. The fraction of sp³-hybridized carbons (Fsp3) is 0.226. The predicted molar refractivity (Wildman–Crippen MR) is 156 cm³/mol. The van der Waals surface area contributed by atoms with Crippen LogP contribution in [0.25, 0.3) is 10.4 Å². The normalized spacial score (nSPS) is 14.3. The first-order chi connectivity index (χ1) is 18.4. The number of nitrogens with one attached hydrogen (secondary N) is 2. The molecule has 0 spiro atoms. The fourth-order valence-electron chi connectivity index (χ4n) is 4.51. The third kappa shape index (κ3) is 6.37. The lowest BCUT2D eigenvalue weighted by atomic mass is 10.1. The Kier molecular flexibility index (Phi) is 7.98. The Morgan fingerprint density at radius 2 is 1.55 bits per heavy atom. The summed E-state index contributed by atoms with van der Waals surface area (Å²) in [6.07, 6.45) is 0. The van der Waals surface area contributed by atoms with Crippen molar-refractivity contribution in [1.29, 1.82) is 0 Å². The topological polar surface area (TPSA) is 64.7 Å². The molecule has 0 radical (unpaired) electrons. The third-order valence-corrected chi connectivity index (χ3v) is 7.81. The Balaban J connectivity index is 1.22. The molecule has 1 aliphatic rings. The van der Waals surface area contributed by atoms with Gasteiger partial charge in [0.15, 0.2) is 0 Å². The van der Waals surface area contributed by atoms with Gasteiger partial charge in [0.2, 0.25) is 0 Å². The van der Waals surface area contributed by atoms with Gasteiger partial charge in [0.05, 0.1) is 0 Å². The van der Waals surface area contributed by atoms with Crippen LogP contribution in [0.2, 0.25) is 0 Å². The molecule has 2 heterocycles. The SMILES string of the molecule is Cc1ccc(C(=O)Nc2ccc(CN3CCN(C)CC3)cc2)cc1NC(=O)c1cccc(-c2cccs2)c1. The number of amides is 2. The molecule has 6 nitrogen and oxygen atoms in total. The second-order valence-corrected chi connectivity index (χ2v) is 10.7. The lowest BCUT2D eigenvalue weighted by Crippen LogP contribution is -2.43. The van der Waals surface area contributed by atoms with Crippen LogP contribution in [-0.2, 0) is 6.54 Å². The van der Waals surface area contributed by atoms with E-state index in [0.29, 0.717) is 16.8 Å². The number of anilines is 2. The molecule has 0 unspecified atom stereocenters. The first-order valence-corrected chi connectivity index (χ1v) is 13.7. The molecule has 3 aromatic carbocycles. The van der Waals surface area contributed by atoms with Gasteiger partial charge in [0.1, 0.15) is 0 Å². The van der Waals surface area contributed by atoms with Gasteiger partial charge in [-0.3, -0.25) is 14.5 Å². The molecule has 0 atom stereocenters. The Labute approximate surface area is 227 Å². The van der Waals surface area contributed by atoms with E-state index in [2.05, 4.69) is 39.6 Å². The molecule has 1 aromatic heterocycles. The van der Waals surface area contributed by atoms with Gasteiger partial charge < -0.3 is 15.5 Å². The van der Waals surface area contributed by atoms with Crippen LogP contribution in [0.15, 0.2) is 84.2 Å². The van der Waals surface area contributed by atoms with Gasteiger partial charge in [-0.15, -0.1) is 11.3 Å². The van der Waals surface area contributed by atoms with E-state index in [9.17, 15) is 9.59 Å². The van der Waals surface area contributed by atoms with Crippen molar-refractivity contribution in [3.8, 4) is 10.4 Å². The zero-order valence-electron chi connectivity index (χ0n) is 21.7. The number of aryl methyl sites for hydroxylation is 1. The number of carbonyl (C=O) groups is 2. The van der Waals surface area contributed by atoms with E-state index in [1.807, 2.05) is 60.8 Å². The fourth-order valence-corrected chi connectivity index (χ4v) is 5.23. The molecule has 194 valence electrons. The molecule has 2 amide bonds. The summed E-state index contributed by atoms with van der Waals surface area (Å²) >= 11 is 1.64. The number of nitrogens with zero attached hydrogens (tertiary/aromatic N) is 2. The van der Waals surface area contributed by atoms with Crippen molar-refractivity contribution in [2.45, 2.75) is 13.5 Å². The van der Waals surface area contributed by atoms with E-state index in [4.69, 9.17) is 0 Å². The highest BCUT2D eigenvalue weighted by molar-refractivity contribution is 7.13. The van der Waals surface area contributed by atoms with Crippen molar-refractivity contribution in [3.63, 3.8) is 0 Å². The first-order valence-electron chi connectivity index (χ1n) is 12.8. The van der Waals surface area contributed by atoms with Crippen molar-refractivity contribution >= 4 is 34.5 Å². The summed E-state index contributed by atoms with van der Waals surface area (Å²) < 4.78 is 0. The molecule has 0 saturated carbocycles. The zero-order chi connectivity index (χ0) is 26.5. The summed E-state index contributed by atoms with van der Waals surface area (Å²) in [6, 6.07) is 25.0. The van der Waals surface area contributed by atoms with Crippen molar-refractivity contribution in [3.05, 3.63) is 106 Å². The number of piperazine rings is 1. The molecule has 5 rings (SSSR count). The zero-order valence-corrected chi connectivity index (χ0v) is 22.6. The van der Waals surface area contributed by atoms with Gasteiger partial charge in [-0.2, -0.15) is 0 Å². The van der Waals surface area contributed by atoms with Crippen LogP contribution in [-0.4, -0.2) is 54.8 Å². The Morgan fingerprint density at radius 3 is 2.29 bits per heavy atom. The first kappa shape index (κ1) is 25.9. The average molecular weight is 525 g/mol. The number of hydrogen-bond donors (Lipinski definition) is 2. The van der Waals surface area contributed by atoms with Crippen molar-refractivity contribution in [2.75, 3.05) is 43.9 Å². The summed E-state index contributed by atoms with van der Waals surface area (Å²) in [5.74, 6) is -0.424. The lowest BCUT2D eigenvalue weighted by Gasteiger charge is -2.32. The van der Waals surface area contributed by atoms with Crippen LogP contribution in [0.1, 0.15) is 31.8 Å². The highest BCUT2D eigenvalue weighted by Crippen LogP contribution is 2.26. The monoisotopic (exact) mass is 524 g/mol. The maximum atomic E-state index is 13.0. The second-order valence-electron chi connectivity index (χ2n) is 9.77. The van der Waals surface area contributed by atoms with Gasteiger partial charge >= 0.3 is 0 Å². The summed E-state index contributed by atoms with van der Waals surface area (Å²) in [4.78, 5) is 32.0. The second kappa shape index (κ2) is 11.7. The van der Waals surface area contributed by atoms with Gasteiger partial charge in [0.25, 0.3) is 11.8 Å². The summed E-state index contributed by atoms with van der Waals surface area (Å²) in [6.45, 7) is 7.16. The number of thiophene rings is 1. The Morgan fingerprint density at radius 1 is 0.816 bits per heavy atom. The van der Waals surface area contributed by atoms with Crippen molar-refractivity contribution in [2.24, 2.45) is 0 Å². The number of carbonyl (C=O) groups excluding carboxylic acids is 2. The minimum atomic E-state index is -0.216. The summed E-state index contributed by atoms with van der Waals surface area (Å²) in [7, 11) is 2.16. The molecule has 38 heavy (non-hydrogen) atoms. The molecule has 1 aliphatic heterocycles. The van der Waals surface area contributed by atoms with E-state index < -0.39 is 0 Å². The minimum absolute atomic E-state index is 0.208. The average Bonchev–Trinajstić information content (AvgIpc) is 3.48. The van der Waals surface area contributed by atoms with Crippen LogP contribution < -0.4 is 10.6 Å². The lowest BCUT2D eigenvalue weighted by molar-refractivity contribution is 0.101. The molecule has 4 aromatic rings. The number of benzene rings is 3. The molecular weight excluding hydrogens is 492 g/mol. The predicted octanol–water partition coefficient (Wildman–Crippen LogP) is 5.98. The van der Waals surface area contributed by atoms with Gasteiger partial charge in [-0.25, -0.2) is 0 Å². The van der Waals surface area contributed by atoms with E-state index in [0.717, 1.165) is 54.4 Å². The van der Waals surface area contributed by atoms with Crippen LogP contribution in [0.4, 0.5) is 11.4 Å². The highest BCUT2D eigenvalue weighted by Gasteiger charge is 2.15. The molecule has 1 fully saturated rings.